The summed E-state index contributed by atoms with van der Waals surface area (Å²) in [5.41, 5.74) is 5.97. The van der Waals surface area contributed by atoms with Crippen LogP contribution in [0, 0.1) is 12.3 Å². The fourth-order valence-electron chi connectivity index (χ4n) is 2.13. The molecule has 0 aliphatic carbocycles. The third-order valence-corrected chi connectivity index (χ3v) is 3.05. The van der Waals surface area contributed by atoms with E-state index < -0.39 is 0 Å². The Morgan fingerprint density at radius 3 is 2.73 bits per heavy atom. The Labute approximate surface area is 92.3 Å². The first-order valence-electron chi connectivity index (χ1n) is 5.66. The highest BCUT2D eigenvalue weighted by Crippen LogP contribution is 2.29. The lowest BCUT2D eigenvalue weighted by atomic mass is 9.84. The minimum Gasteiger partial charge on any atom is -0.381 e. The molecule has 1 aliphatic rings. The van der Waals surface area contributed by atoms with Gasteiger partial charge in [-0.15, -0.1) is 12.3 Å². The van der Waals surface area contributed by atoms with Crippen molar-refractivity contribution in [3.8, 4) is 12.3 Å². The Balaban J connectivity index is 2.58. The first-order chi connectivity index (χ1) is 7.25. The highest BCUT2D eigenvalue weighted by atomic mass is 16.5. The lowest BCUT2D eigenvalue weighted by Gasteiger charge is -2.41. The smallest absolute Gasteiger partial charge is 0.0876 e. The molecular weight excluding hydrogens is 190 g/mol. The molecule has 1 aliphatic heterocycles. The topological polar surface area (TPSA) is 44.5 Å². The highest BCUT2D eigenvalue weighted by molar-refractivity contribution is 4.96. The van der Waals surface area contributed by atoms with Crippen LogP contribution in [-0.2, 0) is 9.47 Å². The van der Waals surface area contributed by atoms with Gasteiger partial charge in [0.25, 0.3) is 0 Å². The molecule has 15 heavy (non-hydrogen) atoms. The summed E-state index contributed by atoms with van der Waals surface area (Å²) < 4.78 is 11.2. The second-order valence-corrected chi connectivity index (χ2v) is 3.96. The fraction of sp³-hybridized carbons (Fsp3) is 0.833. The van der Waals surface area contributed by atoms with Gasteiger partial charge < -0.3 is 15.2 Å². The van der Waals surface area contributed by atoms with Crippen molar-refractivity contribution in [1.29, 1.82) is 0 Å². The van der Waals surface area contributed by atoms with E-state index in [1.165, 1.54) is 0 Å². The molecule has 0 spiro atoms. The minimum atomic E-state index is -0.205. The maximum absolute atomic E-state index is 6.18. The van der Waals surface area contributed by atoms with E-state index in [1.54, 1.807) is 0 Å². The van der Waals surface area contributed by atoms with Crippen molar-refractivity contribution in [2.75, 3.05) is 19.8 Å². The van der Waals surface area contributed by atoms with Crippen LogP contribution in [0.5, 0.6) is 0 Å². The van der Waals surface area contributed by atoms with Crippen LogP contribution in [0.1, 0.15) is 32.6 Å². The molecule has 0 aromatic rings. The van der Waals surface area contributed by atoms with E-state index in [9.17, 15) is 0 Å². The summed E-state index contributed by atoms with van der Waals surface area (Å²) in [6.45, 7) is 4.18. The van der Waals surface area contributed by atoms with Crippen LogP contribution in [0.2, 0.25) is 0 Å². The molecule has 0 aromatic carbocycles. The standard InChI is InChI=1S/C12H21NO2/c1-3-5-6-11(13)12(15-4-2)7-9-14-10-8-12/h1,11H,4-10,13H2,2H3. The van der Waals surface area contributed by atoms with Crippen molar-refractivity contribution < 1.29 is 9.47 Å². The summed E-state index contributed by atoms with van der Waals surface area (Å²) >= 11 is 0. The Hall–Kier alpha value is -0.560. The first-order valence-corrected chi connectivity index (χ1v) is 5.66. The summed E-state index contributed by atoms with van der Waals surface area (Å²) in [5, 5.41) is 0. The lowest BCUT2D eigenvalue weighted by molar-refractivity contribution is -0.121. The molecule has 86 valence electrons. The van der Waals surface area contributed by atoms with E-state index >= 15 is 0 Å². The van der Waals surface area contributed by atoms with Gasteiger partial charge in [0.2, 0.25) is 0 Å². The summed E-state index contributed by atoms with van der Waals surface area (Å²) in [5.74, 6) is 2.63. The zero-order valence-corrected chi connectivity index (χ0v) is 9.50. The van der Waals surface area contributed by atoms with E-state index in [-0.39, 0.29) is 11.6 Å². The average Bonchev–Trinajstić information content (AvgIpc) is 2.27. The molecular formula is C12H21NO2. The molecule has 1 heterocycles. The Kier molecular flexibility index (Phi) is 5.10. The molecule has 2 N–H and O–H groups in total. The Bertz CT molecular complexity index is 211. The summed E-state index contributed by atoms with van der Waals surface area (Å²) in [6.07, 6.45) is 8.56. The van der Waals surface area contributed by atoms with E-state index in [2.05, 4.69) is 5.92 Å². The van der Waals surface area contributed by atoms with Crippen molar-refractivity contribution in [3.63, 3.8) is 0 Å². The minimum absolute atomic E-state index is 0.0254. The molecule has 0 bridgehead atoms. The van der Waals surface area contributed by atoms with E-state index in [0.29, 0.717) is 6.61 Å². The van der Waals surface area contributed by atoms with Crippen molar-refractivity contribution in [2.45, 2.75) is 44.2 Å². The number of hydrogen-bond donors (Lipinski definition) is 1. The van der Waals surface area contributed by atoms with Gasteiger partial charge in [-0.25, -0.2) is 0 Å². The Morgan fingerprint density at radius 2 is 2.20 bits per heavy atom. The fourth-order valence-corrected chi connectivity index (χ4v) is 2.13. The zero-order valence-electron chi connectivity index (χ0n) is 9.50. The second-order valence-electron chi connectivity index (χ2n) is 3.96. The van der Waals surface area contributed by atoms with Gasteiger partial charge in [-0.1, -0.05) is 0 Å². The zero-order chi connectivity index (χ0) is 11.1. The van der Waals surface area contributed by atoms with Gasteiger partial charge in [-0.05, 0) is 13.3 Å². The molecule has 1 fully saturated rings. The van der Waals surface area contributed by atoms with Crippen LogP contribution in [0.4, 0.5) is 0 Å². The molecule has 3 heteroatoms. The molecule has 0 amide bonds. The molecule has 1 rings (SSSR count). The van der Waals surface area contributed by atoms with E-state index in [0.717, 1.165) is 38.9 Å². The molecule has 0 aromatic heterocycles. The second kappa shape index (κ2) is 6.12. The first kappa shape index (κ1) is 12.5. The number of terminal acetylenes is 1. The normalized spacial score (nSPS) is 21.9. The predicted octanol–water partition coefficient (Wildman–Crippen LogP) is 1.31. The molecule has 1 unspecified atom stereocenters. The number of ether oxygens (including phenoxy) is 2. The van der Waals surface area contributed by atoms with Crippen LogP contribution in [-0.4, -0.2) is 31.5 Å². The largest absolute Gasteiger partial charge is 0.381 e. The number of hydrogen-bond acceptors (Lipinski definition) is 3. The molecule has 0 saturated carbocycles. The molecule has 1 atom stereocenters. The average molecular weight is 211 g/mol. The summed E-state index contributed by atoms with van der Waals surface area (Å²) in [6, 6.07) is 0.0254. The van der Waals surface area contributed by atoms with Crippen LogP contribution >= 0.6 is 0 Å². The van der Waals surface area contributed by atoms with Gasteiger partial charge >= 0.3 is 0 Å². The summed E-state index contributed by atoms with van der Waals surface area (Å²) in [4.78, 5) is 0. The van der Waals surface area contributed by atoms with Gasteiger partial charge in [0, 0.05) is 45.1 Å². The van der Waals surface area contributed by atoms with Crippen molar-refractivity contribution in [2.24, 2.45) is 5.73 Å². The Morgan fingerprint density at radius 1 is 1.53 bits per heavy atom. The number of rotatable bonds is 5. The van der Waals surface area contributed by atoms with Crippen molar-refractivity contribution >= 4 is 0 Å². The van der Waals surface area contributed by atoms with Crippen LogP contribution < -0.4 is 5.73 Å². The van der Waals surface area contributed by atoms with Crippen LogP contribution in [0.15, 0.2) is 0 Å². The SMILES string of the molecule is C#CCCC(N)C1(OCC)CCOCC1. The van der Waals surface area contributed by atoms with Crippen molar-refractivity contribution in [3.05, 3.63) is 0 Å². The van der Waals surface area contributed by atoms with Crippen molar-refractivity contribution in [1.82, 2.24) is 0 Å². The lowest BCUT2D eigenvalue weighted by Crippen LogP contribution is -2.53. The maximum Gasteiger partial charge on any atom is 0.0876 e. The number of nitrogens with two attached hydrogens (primary N) is 1. The third kappa shape index (κ3) is 3.20. The van der Waals surface area contributed by atoms with Gasteiger partial charge in [-0.3, -0.25) is 0 Å². The summed E-state index contributed by atoms with van der Waals surface area (Å²) in [7, 11) is 0. The van der Waals surface area contributed by atoms with Gasteiger partial charge in [-0.2, -0.15) is 0 Å². The quantitative estimate of drug-likeness (QED) is 0.697. The van der Waals surface area contributed by atoms with Gasteiger partial charge in [0.05, 0.1) is 5.60 Å². The van der Waals surface area contributed by atoms with Crippen LogP contribution in [0.25, 0.3) is 0 Å². The molecule has 1 saturated heterocycles. The van der Waals surface area contributed by atoms with Crippen LogP contribution in [0.3, 0.4) is 0 Å². The third-order valence-electron chi connectivity index (χ3n) is 3.05. The predicted molar refractivity (Wildman–Crippen MR) is 60.5 cm³/mol. The maximum atomic E-state index is 6.18. The monoisotopic (exact) mass is 211 g/mol. The van der Waals surface area contributed by atoms with E-state index in [1.807, 2.05) is 6.92 Å². The highest BCUT2D eigenvalue weighted by Gasteiger charge is 2.38. The molecule has 3 nitrogen and oxygen atoms in total. The van der Waals surface area contributed by atoms with Gasteiger partial charge in [0.1, 0.15) is 0 Å². The van der Waals surface area contributed by atoms with E-state index in [4.69, 9.17) is 21.6 Å². The molecule has 0 radical (unpaired) electrons. The van der Waals surface area contributed by atoms with Gasteiger partial charge in [0.15, 0.2) is 0 Å².